The van der Waals surface area contributed by atoms with Gasteiger partial charge in [0.15, 0.2) is 0 Å². The second-order valence-corrected chi connectivity index (χ2v) is 1.15. The summed E-state index contributed by atoms with van der Waals surface area (Å²) < 4.78 is 0. The second kappa shape index (κ2) is 4.01. The summed E-state index contributed by atoms with van der Waals surface area (Å²) in [5.74, 6) is 0. The molecule has 0 unspecified atom stereocenters. The van der Waals surface area contributed by atoms with E-state index in [1.54, 1.807) is 0 Å². The number of benzene rings is 1. The summed E-state index contributed by atoms with van der Waals surface area (Å²) in [5.41, 5.74) is 0. The minimum atomic E-state index is 0. The Morgan fingerprint density at radius 3 is 0.714 bits per heavy atom. The van der Waals surface area contributed by atoms with Crippen LogP contribution in [-0.4, -0.2) is 0 Å². The number of hydrogen-bond donors (Lipinski definition) is 0. The summed E-state index contributed by atoms with van der Waals surface area (Å²) in [6.07, 6.45) is 0. The van der Waals surface area contributed by atoms with Crippen molar-refractivity contribution in [3.05, 3.63) is 36.4 Å². The van der Waals surface area contributed by atoms with Gasteiger partial charge in [-0.3, -0.25) is 0 Å². The molecule has 7 heavy (non-hydrogen) atoms. The van der Waals surface area contributed by atoms with Crippen molar-refractivity contribution in [3.8, 4) is 0 Å². The van der Waals surface area contributed by atoms with Crippen molar-refractivity contribution in [1.82, 2.24) is 0 Å². The van der Waals surface area contributed by atoms with Crippen molar-refractivity contribution in [2.45, 2.75) is 0 Å². The molecule has 0 saturated heterocycles. The van der Waals surface area contributed by atoms with Gasteiger partial charge in [0.2, 0.25) is 0 Å². The molecule has 38 valence electrons. The van der Waals surface area contributed by atoms with E-state index in [-0.39, 0.29) is 19.5 Å². The molecule has 1 aromatic rings. The Labute approximate surface area is 56.3 Å². The van der Waals surface area contributed by atoms with Crippen LogP contribution in [-0.2, 0) is 19.5 Å². The van der Waals surface area contributed by atoms with E-state index < -0.39 is 0 Å². The molecule has 0 saturated carbocycles. The molecule has 1 rings (SSSR count). The quantitative estimate of drug-likeness (QED) is 0.531. The van der Waals surface area contributed by atoms with Crippen LogP contribution in [0.25, 0.3) is 0 Å². The third kappa shape index (κ3) is 2.53. The van der Waals surface area contributed by atoms with E-state index in [0.29, 0.717) is 0 Å². The van der Waals surface area contributed by atoms with Gasteiger partial charge >= 0.3 is 0 Å². The summed E-state index contributed by atoms with van der Waals surface area (Å²) >= 11 is 0. The third-order valence-electron chi connectivity index (χ3n) is 0.667. The molecule has 0 bridgehead atoms. The van der Waals surface area contributed by atoms with Crippen LogP contribution in [0.5, 0.6) is 0 Å². The van der Waals surface area contributed by atoms with Crippen LogP contribution in [0.2, 0.25) is 0 Å². The molecule has 0 spiro atoms. The first-order chi connectivity index (χ1) is 3.00. The Bertz CT molecular complexity index is 76.1. The zero-order valence-corrected chi connectivity index (χ0v) is 5.56. The zero-order chi connectivity index (χ0) is 4.24. The molecule has 0 atom stereocenters. The van der Waals surface area contributed by atoms with Crippen molar-refractivity contribution in [2.75, 3.05) is 0 Å². The largest absolute Gasteiger partial charge is 0.0623 e. The van der Waals surface area contributed by atoms with E-state index in [4.69, 9.17) is 0 Å². The Kier molecular flexibility index (Phi) is 3.92. The van der Waals surface area contributed by atoms with Crippen LogP contribution >= 0.6 is 0 Å². The van der Waals surface area contributed by atoms with Gasteiger partial charge in [-0.05, 0) is 0 Å². The zero-order valence-electron chi connectivity index (χ0n) is 3.82. The molecular weight excluding hydrogens is 173 g/mol. The summed E-state index contributed by atoms with van der Waals surface area (Å²) in [6.45, 7) is 0. The molecule has 1 aromatic carbocycles. The number of rotatable bonds is 0. The average molecular weight is 179 g/mol. The van der Waals surface area contributed by atoms with E-state index in [2.05, 4.69) is 0 Å². The first-order valence-corrected chi connectivity index (χ1v) is 2.00. The van der Waals surface area contributed by atoms with Crippen LogP contribution < -0.4 is 0 Å². The van der Waals surface area contributed by atoms with Crippen LogP contribution in [0.1, 0.15) is 0 Å². The molecule has 0 aromatic heterocycles. The maximum Gasteiger partial charge on any atom is 0 e. The van der Waals surface area contributed by atoms with Gasteiger partial charge in [-0.1, -0.05) is 36.4 Å². The molecule has 0 aliphatic carbocycles. The maximum absolute atomic E-state index is 2.00. The van der Waals surface area contributed by atoms with Crippen LogP contribution in [0.15, 0.2) is 36.4 Å². The molecule has 0 heterocycles. The molecule has 0 N–H and O–H groups in total. The van der Waals surface area contributed by atoms with Crippen LogP contribution in [0.4, 0.5) is 0 Å². The SMILES string of the molecule is [Ru].c1ccccc1. The summed E-state index contributed by atoms with van der Waals surface area (Å²) in [5, 5.41) is 0. The predicted molar refractivity (Wildman–Crippen MR) is 26.4 cm³/mol. The Hall–Kier alpha value is -0.157. The van der Waals surface area contributed by atoms with Crippen molar-refractivity contribution >= 4 is 0 Å². The number of hydrogen-bond acceptors (Lipinski definition) is 0. The first kappa shape index (κ1) is 6.84. The standard InChI is InChI=1S/C6H6.Ru/c1-2-4-6-5-3-1;/h1-6H;. The van der Waals surface area contributed by atoms with E-state index in [1.807, 2.05) is 36.4 Å². The topological polar surface area (TPSA) is 0 Å². The fraction of sp³-hybridized carbons (Fsp3) is 0. The second-order valence-electron chi connectivity index (χ2n) is 1.15. The normalized spacial score (nSPS) is 6.86. The van der Waals surface area contributed by atoms with E-state index >= 15 is 0 Å². The van der Waals surface area contributed by atoms with E-state index in [9.17, 15) is 0 Å². The molecule has 0 aliphatic rings. The minimum Gasteiger partial charge on any atom is -0.0623 e. The van der Waals surface area contributed by atoms with Crippen molar-refractivity contribution in [2.24, 2.45) is 0 Å². The fourth-order valence-electron chi connectivity index (χ4n) is 0.385. The van der Waals surface area contributed by atoms with Crippen molar-refractivity contribution < 1.29 is 19.5 Å². The molecular formula is C6H6Ru. The van der Waals surface area contributed by atoms with Gasteiger partial charge < -0.3 is 0 Å². The Balaban J connectivity index is 0.000000360. The van der Waals surface area contributed by atoms with Gasteiger partial charge in [0.25, 0.3) is 0 Å². The van der Waals surface area contributed by atoms with Crippen molar-refractivity contribution in [3.63, 3.8) is 0 Å². The third-order valence-corrected chi connectivity index (χ3v) is 0.667. The molecule has 0 radical (unpaired) electrons. The average Bonchev–Trinajstić information content (AvgIpc) is 1.72. The monoisotopic (exact) mass is 180 g/mol. The van der Waals surface area contributed by atoms with Gasteiger partial charge in [-0.25, -0.2) is 0 Å². The molecule has 0 nitrogen and oxygen atoms in total. The van der Waals surface area contributed by atoms with Gasteiger partial charge in [0, 0.05) is 19.5 Å². The maximum atomic E-state index is 2.00. The van der Waals surface area contributed by atoms with Crippen LogP contribution in [0, 0.1) is 0 Å². The Morgan fingerprint density at radius 1 is 0.429 bits per heavy atom. The minimum absolute atomic E-state index is 0. The molecule has 0 fully saturated rings. The van der Waals surface area contributed by atoms with E-state index in [1.165, 1.54) is 0 Å². The summed E-state index contributed by atoms with van der Waals surface area (Å²) in [6, 6.07) is 12.0. The molecule has 0 aliphatic heterocycles. The predicted octanol–water partition coefficient (Wildman–Crippen LogP) is 1.68. The summed E-state index contributed by atoms with van der Waals surface area (Å²) in [4.78, 5) is 0. The molecule has 0 amide bonds. The van der Waals surface area contributed by atoms with Gasteiger partial charge in [-0.2, -0.15) is 0 Å². The van der Waals surface area contributed by atoms with Gasteiger partial charge in [-0.15, -0.1) is 0 Å². The fourth-order valence-corrected chi connectivity index (χ4v) is 0.385. The smallest absolute Gasteiger partial charge is 0 e. The van der Waals surface area contributed by atoms with Crippen molar-refractivity contribution in [1.29, 1.82) is 0 Å². The van der Waals surface area contributed by atoms with Gasteiger partial charge in [0.05, 0.1) is 0 Å². The van der Waals surface area contributed by atoms with Gasteiger partial charge in [0.1, 0.15) is 0 Å². The Morgan fingerprint density at radius 2 is 0.571 bits per heavy atom. The first-order valence-electron chi connectivity index (χ1n) is 2.00. The summed E-state index contributed by atoms with van der Waals surface area (Å²) in [7, 11) is 0. The van der Waals surface area contributed by atoms with Crippen LogP contribution in [0.3, 0.4) is 0 Å². The van der Waals surface area contributed by atoms with E-state index in [0.717, 1.165) is 0 Å². The molecule has 1 heteroatoms.